The summed E-state index contributed by atoms with van der Waals surface area (Å²) in [5, 5.41) is 0. The first kappa shape index (κ1) is 13.8. The second-order valence-corrected chi connectivity index (χ2v) is 4.78. The molecule has 0 heterocycles. The maximum Gasteiger partial charge on any atom is 0.509 e. The highest BCUT2D eigenvalue weighted by molar-refractivity contribution is 6.18. The van der Waals surface area contributed by atoms with E-state index in [4.69, 9.17) is 32.7 Å². The van der Waals surface area contributed by atoms with Gasteiger partial charge in [-0.1, -0.05) is 0 Å². The van der Waals surface area contributed by atoms with E-state index in [2.05, 4.69) is 0 Å². The molecule has 0 aromatic heterocycles. The fraction of sp³-hybridized carbons (Fsp3) is 0.889. The van der Waals surface area contributed by atoms with Crippen molar-refractivity contribution in [3.05, 3.63) is 0 Å². The number of alkyl halides is 2. The first-order chi connectivity index (χ1) is 6.22. The summed E-state index contributed by atoms with van der Waals surface area (Å²) in [5.41, 5.74) is -1.44. The molecule has 0 aromatic rings. The van der Waals surface area contributed by atoms with Crippen molar-refractivity contribution >= 4 is 29.4 Å². The first-order valence-electron chi connectivity index (χ1n) is 4.26. The summed E-state index contributed by atoms with van der Waals surface area (Å²) in [6, 6.07) is 0. The number of carbonyl (C=O) groups excluding carboxylic acids is 1. The van der Waals surface area contributed by atoms with Crippen molar-refractivity contribution in [2.75, 3.05) is 11.8 Å². The van der Waals surface area contributed by atoms with Gasteiger partial charge in [0.1, 0.15) is 11.2 Å². The highest BCUT2D eigenvalue weighted by Crippen LogP contribution is 2.17. The molecule has 0 rings (SSSR count). The average Bonchev–Trinajstić information content (AvgIpc) is 2.02. The quantitative estimate of drug-likeness (QED) is 0.562. The molecule has 0 amide bonds. The summed E-state index contributed by atoms with van der Waals surface area (Å²) in [7, 11) is 0. The topological polar surface area (TPSA) is 35.5 Å². The van der Waals surface area contributed by atoms with E-state index in [0.717, 1.165) is 0 Å². The lowest BCUT2D eigenvalue weighted by Crippen LogP contribution is -2.36. The lowest BCUT2D eigenvalue weighted by molar-refractivity contribution is -0.0446. The second-order valence-electron chi connectivity index (χ2n) is 4.24. The fourth-order valence-electron chi connectivity index (χ4n) is 0.527. The van der Waals surface area contributed by atoms with Crippen LogP contribution in [-0.4, -0.2) is 29.1 Å². The molecule has 0 atom stereocenters. The molecule has 0 saturated heterocycles. The third kappa shape index (κ3) is 5.55. The molecule has 0 radical (unpaired) electrons. The summed E-state index contributed by atoms with van der Waals surface area (Å²) in [5.74, 6) is 0.423. The minimum absolute atomic E-state index is 0.212. The van der Waals surface area contributed by atoms with Gasteiger partial charge in [0.05, 0.1) is 11.8 Å². The normalized spacial score (nSPS) is 12.4. The summed E-state index contributed by atoms with van der Waals surface area (Å²) < 4.78 is 9.95. The standard InChI is InChI=1S/C9H16Cl2O3/c1-8(2,5-10)13-7(12)14-9(3,4)6-11/h5-6H2,1-4H3. The van der Waals surface area contributed by atoms with E-state index in [1.54, 1.807) is 27.7 Å². The van der Waals surface area contributed by atoms with Crippen LogP contribution < -0.4 is 0 Å². The van der Waals surface area contributed by atoms with E-state index in [1.807, 2.05) is 0 Å². The number of halogens is 2. The van der Waals surface area contributed by atoms with Gasteiger partial charge in [0, 0.05) is 0 Å². The molecule has 0 aliphatic heterocycles. The van der Waals surface area contributed by atoms with E-state index in [9.17, 15) is 4.79 Å². The van der Waals surface area contributed by atoms with Crippen molar-refractivity contribution in [3.63, 3.8) is 0 Å². The minimum atomic E-state index is -0.749. The van der Waals surface area contributed by atoms with Crippen LogP contribution in [-0.2, 0) is 9.47 Å². The molecule has 0 bridgehead atoms. The molecule has 0 N–H and O–H groups in total. The molecule has 14 heavy (non-hydrogen) atoms. The largest absolute Gasteiger partial charge is 0.509 e. The van der Waals surface area contributed by atoms with Crippen LogP contribution in [0.25, 0.3) is 0 Å². The fourth-order valence-corrected chi connectivity index (χ4v) is 0.636. The van der Waals surface area contributed by atoms with Crippen LogP contribution in [0.15, 0.2) is 0 Å². The zero-order chi connectivity index (χ0) is 11.4. The van der Waals surface area contributed by atoms with Gasteiger partial charge in [-0.15, -0.1) is 23.2 Å². The van der Waals surface area contributed by atoms with Gasteiger partial charge in [-0.2, -0.15) is 0 Å². The zero-order valence-electron chi connectivity index (χ0n) is 8.89. The third-order valence-corrected chi connectivity index (χ3v) is 2.65. The molecule has 0 spiro atoms. The van der Waals surface area contributed by atoms with Gasteiger partial charge in [0.25, 0.3) is 0 Å². The summed E-state index contributed by atoms with van der Waals surface area (Å²) in [4.78, 5) is 11.2. The van der Waals surface area contributed by atoms with Crippen LogP contribution in [0, 0.1) is 0 Å². The Kier molecular flexibility index (Phi) is 5.02. The van der Waals surface area contributed by atoms with Gasteiger partial charge in [0.15, 0.2) is 0 Å². The zero-order valence-corrected chi connectivity index (χ0v) is 10.4. The molecular formula is C9H16Cl2O3. The van der Waals surface area contributed by atoms with E-state index >= 15 is 0 Å². The minimum Gasteiger partial charge on any atom is -0.427 e. The number of ether oxygens (including phenoxy) is 2. The molecule has 0 saturated carbocycles. The summed E-state index contributed by atoms with van der Waals surface area (Å²) >= 11 is 11.2. The highest BCUT2D eigenvalue weighted by Gasteiger charge is 2.28. The van der Waals surface area contributed by atoms with Crippen LogP contribution in [0.1, 0.15) is 27.7 Å². The Morgan fingerprint density at radius 2 is 1.29 bits per heavy atom. The molecule has 0 aliphatic carbocycles. The molecule has 0 aliphatic rings. The van der Waals surface area contributed by atoms with Gasteiger partial charge in [-0.3, -0.25) is 0 Å². The van der Waals surface area contributed by atoms with Crippen molar-refractivity contribution in [2.24, 2.45) is 0 Å². The number of rotatable bonds is 4. The maximum absolute atomic E-state index is 11.2. The lowest BCUT2D eigenvalue weighted by Gasteiger charge is -2.26. The van der Waals surface area contributed by atoms with Gasteiger partial charge in [-0.25, -0.2) is 4.79 Å². The number of hydrogen-bond donors (Lipinski definition) is 0. The average molecular weight is 243 g/mol. The van der Waals surface area contributed by atoms with Crippen molar-refractivity contribution in [1.82, 2.24) is 0 Å². The van der Waals surface area contributed by atoms with Gasteiger partial charge >= 0.3 is 6.16 Å². The Hall–Kier alpha value is -0.150. The monoisotopic (exact) mass is 242 g/mol. The smallest absolute Gasteiger partial charge is 0.427 e. The molecule has 3 nitrogen and oxygen atoms in total. The molecule has 0 aromatic carbocycles. The van der Waals surface area contributed by atoms with E-state index < -0.39 is 17.4 Å². The molecular weight excluding hydrogens is 227 g/mol. The number of carbonyl (C=O) groups is 1. The maximum atomic E-state index is 11.2. The van der Waals surface area contributed by atoms with Crippen LogP contribution in [0.4, 0.5) is 4.79 Å². The van der Waals surface area contributed by atoms with E-state index in [-0.39, 0.29) is 11.8 Å². The van der Waals surface area contributed by atoms with E-state index in [0.29, 0.717) is 0 Å². The van der Waals surface area contributed by atoms with Crippen LogP contribution in [0.5, 0.6) is 0 Å². The third-order valence-electron chi connectivity index (χ3n) is 1.36. The Morgan fingerprint density at radius 1 is 1.00 bits per heavy atom. The molecule has 0 fully saturated rings. The van der Waals surface area contributed by atoms with Gasteiger partial charge in [0.2, 0.25) is 0 Å². The van der Waals surface area contributed by atoms with Crippen LogP contribution in [0.2, 0.25) is 0 Å². The summed E-state index contributed by atoms with van der Waals surface area (Å²) in [6.45, 7) is 6.81. The highest BCUT2D eigenvalue weighted by atomic mass is 35.5. The Morgan fingerprint density at radius 3 is 1.50 bits per heavy atom. The predicted molar refractivity (Wildman–Crippen MR) is 57.2 cm³/mol. The first-order valence-corrected chi connectivity index (χ1v) is 5.33. The molecule has 84 valence electrons. The molecule has 0 unspecified atom stereocenters. The van der Waals surface area contributed by atoms with Crippen molar-refractivity contribution in [2.45, 2.75) is 38.9 Å². The Balaban J connectivity index is 4.12. The second kappa shape index (κ2) is 5.08. The number of hydrogen-bond acceptors (Lipinski definition) is 3. The van der Waals surface area contributed by atoms with Crippen molar-refractivity contribution < 1.29 is 14.3 Å². The van der Waals surface area contributed by atoms with Crippen LogP contribution in [0.3, 0.4) is 0 Å². The van der Waals surface area contributed by atoms with Gasteiger partial charge in [-0.05, 0) is 27.7 Å². The van der Waals surface area contributed by atoms with E-state index in [1.165, 1.54) is 0 Å². The lowest BCUT2D eigenvalue weighted by atomic mass is 10.2. The van der Waals surface area contributed by atoms with Crippen molar-refractivity contribution in [3.8, 4) is 0 Å². The summed E-state index contributed by atoms with van der Waals surface area (Å²) in [6.07, 6.45) is -0.749. The van der Waals surface area contributed by atoms with Crippen molar-refractivity contribution in [1.29, 1.82) is 0 Å². The van der Waals surface area contributed by atoms with Crippen LogP contribution >= 0.6 is 23.2 Å². The van der Waals surface area contributed by atoms with Gasteiger partial charge < -0.3 is 9.47 Å². The molecule has 5 heteroatoms. The Labute approximate surface area is 94.7 Å². The SMILES string of the molecule is CC(C)(CCl)OC(=O)OC(C)(C)CCl. The predicted octanol–water partition coefficient (Wildman–Crippen LogP) is 3.17. The Bertz CT molecular complexity index is 182.